The highest BCUT2D eigenvalue weighted by Gasteiger charge is 2.27. The molecule has 194 valence electrons. The van der Waals surface area contributed by atoms with Crippen LogP contribution in [0.15, 0.2) is 53.8 Å². The van der Waals surface area contributed by atoms with E-state index in [9.17, 15) is 13.2 Å². The van der Waals surface area contributed by atoms with Crippen molar-refractivity contribution in [2.75, 3.05) is 6.54 Å². The van der Waals surface area contributed by atoms with Crippen LogP contribution in [0.4, 0.5) is 0 Å². The summed E-state index contributed by atoms with van der Waals surface area (Å²) < 4.78 is 28.6. The largest absolute Gasteiger partial charge is 0.332 e. The van der Waals surface area contributed by atoms with Crippen LogP contribution in [0.5, 0.6) is 0 Å². The SMILES string of the molecule is Cc1cccc(CS(=O)(=O)c2ncc(CN(CC(C)C)C(=O)c3ccc(Cl)cc3Cl)n2CC(C)C)c1. The number of nitrogens with zero attached hydrogens (tertiary/aromatic N) is 3. The molecule has 0 aliphatic rings. The average molecular weight is 551 g/mol. The minimum atomic E-state index is -3.72. The normalized spacial score (nSPS) is 11.9. The topological polar surface area (TPSA) is 72.3 Å². The maximum Gasteiger partial charge on any atom is 0.255 e. The van der Waals surface area contributed by atoms with E-state index < -0.39 is 9.84 Å². The molecule has 2 aromatic carbocycles. The van der Waals surface area contributed by atoms with Crippen molar-refractivity contribution in [2.24, 2.45) is 11.8 Å². The lowest BCUT2D eigenvalue weighted by Crippen LogP contribution is -2.35. The van der Waals surface area contributed by atoms with E-state index in [-0.39, 0.29) is 40.2 Å². The standard InChI is InChI=1S/C27H33Cl2N3O3S/c1-18(2)14-31(26(33)24-10-9-22(28)12-25(24)29)16-23-13-30-27(32(23)15-19(3)4)36(34,35)17-21-8-6-7-20(5)11-21/h6-13,18-19H,14-17H2,1-5H3. The highest BCUT2D eigenvalue weighted by Crippen LogP contribution is 2.25. The van der Waals surface area contributed by atoms with E-state index in [1.165, 1.54) is 0 Å². The molecule has 0 saturated heterocycles. The molecule has 0 aliphatic carbocycles. The van der Waals surface area contributed by atoms with E-state index in [1.807, 2.05) is 52.8 Å². The summed E-state index contributed by atoms with van der Waals surface area (Å²) in [5, 5.41) is 0.748. The Morgan fingerprint density at radius 3 is 2.39 bits per heavy atom. The summed E-state index contributed by atoms with van der Waals surface area (Å²) in [7, 11) is -3.72. The van der Waals surface area contributed by atoms with Crippen molar-refractivity contribution >= 4 is 38.9 Å². The van der Waals surface area contributed by atoms with Crippen molar-refractivity contribution in [1.29, 1.82) is 0 Å². The third-order valence-electron chi connectivity index (χ3n) is 5.55. The number of imidazole rings is 1. The maximum atomic E-state index is 13.5. The second kappa shape index (κ2) is 11.8. The molecule has 0 fully saturated rings. The quantitative estimate of drug-likeness (QED) is 0.292. The monoisotopic (exact) mass is 549 g/mol. The smallest absolute Gasteiger partial charge is 0.255 e. The summed E-state index contributed by atoms with van der Waals surface area (Å²) in [6.45, 7) is 11.1. The van der Waals surface area contributed by atoms with Crippen LogP contribution in [-0.4, -0.2) is 35.3 Å². The molecular formula is C27H33Cl2N3O3S. The fourth-order valence-electron chi connectivity index (χ4n) is 4.10. The average Bonchev–Trinajstić information content (AvgIpc) is 3.14. The molecule has 0 unspecified atom stereocenters. The molecule has 0 radical (unpaired) electrons. The van der Waals surface area contributed by atoms with Crippen molar-refractivity contribution in [3.05, 3.63) is 81.1 Å². The van der Waals surface area contributed by atoms with Gasteiger partial charge in [-0.15, -0.1) is 0 Å². The zero-order valence-corrected chi connectivity index (χ0v) is 23.7. The van der Waals surface area contributed by atoms with Gasteiger partial charge >= 0.3 is 0 Å². The molecule has 1 amide bonds. The van der Waals surface area contributed by atoms with Gasteiger partial charge in [-0.25, -0.2) is 13.4 Å². The van der Waals surface area contributed by atoms with Crippen LogP contribution < -0.4 is 0 Å². The minimum absolute atomic E-state index is 0.0224. The number of rotatable bonds is 10. The Bertz CT molecular complexity index is 1330. The lowest BCUT2D eigenvalue weighted by molar-refractivity contribution is 0.0718. The van der Waals surface area contributed by atoms with Crippen LogP contribution in [-0.2, 0) is 28.7 Å². The molecule has 9 heteroatoms. The van der Waals surface area contributed by atoms with Gasteiger partial charge in [-0.2, -0.15) is 0 Å². The molecule has 0 N–H and O–H groups in total. The minimum Gasteiger partial charge on any atom is -0.332 e. The molecule has 3 rings (SSSR count). The van der Waals surface area contributed by atoms with Gasteiger partial charge in [0.25, 0.3) is 5.91 Å². The number of aromatic nitrogens is 2. The lowest BCUT2D eigenvalue weighted by Gasteiger charge is -2.26. The molecular weight excluding hydrogens is 517 g/mol. The molecule has 0 spiro atoms. The van der Waals surface area contributed by atoms with Gasteiger partial charge in [0.2, 0.25) is 15.0 Å². The zero-order chi connectivity index (χ0) is 26.6. The third kappa shape index (κ3) is 7.11. The number of carbonyl (C=O) groups is 1. The van der Waals surface area contributed by atoms with E-state index in [0.29, 0.717) is 34.9 Å². The lowest BCUT2D eigenvalue weighted by atomic mass is 10.1. The van der Waals surface area contributed by atoms with E-state index in [0.717, 1.165) is 5.56 Å². The van der Waals surface area contributed by atoms with E-state index >= 15 is 0 Å². The van der Waals surface area contributed by atoms with Crippen molar-refractivity contribution in [3.63, 3.8) is 0 Å². The Morgan fingerprint density at radius 1 is 1.06 bits per heavy atom. The molecule has 36 heavy (non-hydrogen) atoms. The number of amides is 1. The van der Waals surface area contributed by atoms with Crippen LogP contribution in [0.25, 0.3) is 0 Å². The van der Waals surface area contributed by atoms with Crippen molar-refractivity contribution in [1.82, 2.24) is 14.5 Å². The number of sulfone groups is 1. The zero-order valence-electron chi connectivity index (χ0n) is 21.3. The summed E-state index contributed by atoms with van der Waals surface area (Å²) in [5.74, 6) is -0.0261. The maximum absolute atomic E-state index is 13.5. The van der Waals surface area contributed by atoms with Gasteiger partial charge in [0.1, 0.15) is 0 Å². The molecule has 6 nitrogen and oxygen atoms in total. The van der Waals surface area contributed by atoms with Gasteiger partial charge in [0.05, 0.1) is 34.8 Å². The summed E-state index contributed by atoms with van der Waals surface area (Å²) in [6.07, 6.45) is 1.57. The first-order valence-electron chi connectivity index (χ1n) is 11.9. The molecule has 0 aliphatic heterocycles. The predicted molar refractivity (Wildman–Crippen MR) is 145 cm³/mol. The Hall–Kier alpha value is -2.35. The van der Waals surface area contributed by atoms with Crippen molar-refractivity contribution in [2.45, 2.75) is 58.6 Å². The van der Waals surface area contributed by atoms with Gasteiger partial charge in [-0.1, -0.05) is 80.7 Å². The molecule has 0 saturated carbocycles. The first kappa shape index (κ1) is 28.2. The number of aryl methyl sites for hydroxylation is 1. The summed E-state index contributed by atoms with van der Waals surface area (Å²) in [4.78, 5) is 19.5. The fourth-order valence-corrected chi connectivity index (χ4v) is 6.08. The summed E-state index contributed by atoms with van der Waals surface area (Å²) in [5.41, 5.74) is 2.72. The second-order valence-corrected chi connectivity index (χ2v) is 12.7. The van der Waals surface area contributed by atoms with Crippen LogP contribution in [0.1, 0.15) is 54.9 Å². The van der Waals surface area contributed by atoms with Gasteiger partial charge < -0.3 is 9.47 Å². The second-order valence-electron chi connectivity index (χ2n) is 9.99. The Morgan fingerprint density at radius 2 is 1.78 bits per heavy atom. The van der Waals surface area contributed by atoms with Crippen LogP contribution in [0, 0.1) is 18.8 Å². The summed E-state index contributed by atoms with van der Waals surface area (Å²) >= 11 is 12.4. The van der Waals surface area contributed by atoms with E-state index in [2.05, 4.69) is 4.98 Å². The van der Waals surface area contributed by atoms with Crippen molar-refractivity contribution < 1.29 is 13.2 Å². The first-order chi connectivity index (χ1) is 16.9. The summed E-state index contributed by atoms with van der Waals surface area (Å²) in [6, 6.07) is 12.2. The highest BCUT2D eigenvalue weighted by atomic mass is 35.5. The third-order valence-corrected chi connectivity index (χ3v) is 7.70. The Balaban J connectivity index is 1.99. The van der Waals surface area contributed by atoms with Gasteiger partial charge in [0, 0.05) is 18.1 Å². The predicted octanol–water partition coefficient (Wildman–Crippen LogP) is 6.43. The van der Waals surface area contributed by atoms with Crippen molar-refractivity contribution in [3.8, 4) is 0 Å². The number of benzene rings is 2. The number of carbonyl (C=O) groups excluding carboxylic acids is 1. The van der Waals surface area contributed by atoms with Crippen LogP contribution in [0.2, 0.25) is 10.0 Å². The van der Waals surface area contributed by atoms with E-state index in [1.54, 1.807) is 39.9 Å². The van der Waals surface area contributed by atoms with E-state index in [4.69, 9.17) is 23.2 Å². The number of halogens is 2. The highest BCUT2D eigenvalue weighted by molar-refractivity contribution is 7.90. The fraction of sp³-hybridized carbons (Fsp3) is 0.407. The molecule has 1 aromatic heterocycles. The number of hydrogen-bond acceptors (Lipinski definition) is 4. The van der Waals surface area contributed by atoms with Gasteiger partial charge in [0.15, 0.2) is 0 Å². The molecule has 0 bridgehead atoms. The van der Waals surface area contributed by atoms with Crippen LogP contribution >= 0.6 is 23.2 Å². The Labute approximate surface area is 224 Å². The van der Waals surface area contributed by atoms with Crippen LogP contribution in [0.3, 0.4) is 0 Å². The first-order valence-corrected chi connectivity index (χ1v) is 14.3. The van der Waals surface area contributed by atoms with Gasteiger partial charge in [-0.05, 0) is 42.5 Å². The number of hydrogen-bond donors (Lipinski definition) is 0. The molecule has 3 aromatic rings. The van der Waals surface area contributed by atoms with Gasteiger partial charge in [-0.3, -0.25) is 4.79 Å². The molecule has 1 heterocycles. The Kier molecular flexibility index (Phi) is 9.25. The molecule has 0 atom stereocenters.